The maximum atomic E-state index is 6.49. The van der Waals surface area contributed by atoms with Crippen molar-refractivity contribution >= 4 is 14.3 Å². The lowest BCUT2D eigenvalue weighted by Crippen LogP contribution is -2.42. The first kappa shape index (κ1) is 21.9. The Balaban J connectivity index is 1.59. The minimum atomic E-state index is -1.69. The standard InChI is InChI=1S/C23H36N4OSi/c1-17-10-11-19(15-25-17)21-12-13-24-22(27-21)26-20-9-7-8-18(14-20)16-28-29(5,6)23(2,3)4/h10-13,15,18,20H,7-9,14,16H2,1-6H3,(H,24,26,27). The van der Waals surface area contributed by atoms with Crippen LogP contribution in [0.25, 0.3) is 11.3 Å². The van der Waals surface area contributed by atoms with Gasteiger partial charge in [0.05, 0.1) is 5.69 Å². The summed E-state index contributed by atoms with van der Waals surface area (Å²) >= 11 is 0. The number of hydrogen-bond donors (Lipinski definition) is 1. The Hall–Kier alpha value is -1.79. The summed E-state index contributed by atoms with van der Waals surface area (Å²) in [7, 11) is -1.69. The normalized spacial score (nSPS) is 20.5. The van der Waals surface area contributed by atoms with Gasteiger partial charge in [-0.25, -0.2) is 9.97 Å². The highest BCUT2D eigenvalue weighted by Crippen LogP contribution is 2.37. The molecule has 2 unspecified atom stereocenters. The average Bonchev–Trinajstić information content (AvgIpc) is 2.67. The topological polar surface area (TPSA) is 59.9 Å². The zero-order chi connectivity index (χ0) is 21.1. The predicted octanol–water partition coefficient (Wildman–Crippen LogP) is 5.84. The van der Waals surface area contributed by atoms with Crippen LogP contribution in [0, 0.1) is 12.8 Å². The first-order chi connectivity index (χ1) is 13.6. The van der Waals surface area contributed by atoms with Crippen molar-refractivity contribution in [1.29, 1.82) is 0 Å². The van der Waals surface area contributed by atoms with Gasteiger partial charge in [-0.2, -0.15) is 0 Å². The Morgan fingerprint density at radius 3 is 2.62 bits per heavy atom. The second-order valence-corrected chi connectivity index (χ2v) is 14.7. The van der Waals surface area contributed by atoms with Crippen LogP contribution in [-0.2, 0) is 4.43 Å². The minimum Gasteiger partial charge on any atom is -0.417 e. The smallest absolute Gasteiger partial charge is 0.223 e. The number of nitrogens with zero attached hydrogens (tertiary/aromatic N) is 3. The van der Waals surface area contributed by atoms with E-state index in [1.807, 2.05) is 31.5 Å². The van der Waals surface area contributed by atoms with E-state index >= 15 is 0 Å². The average molecular weight is 413 g/mol. The number of anilines is 1. The molecule has 3 rings (SSSR count). The molecule has 2 aromatic heterocycles. The molecule has 2 aromatic rings. The Morgan fingerprint density at radius 1 is 1.14 bits per heavy atom. The monoisotopic (exact) mass is 412 g/mol. The van der Waals surface area contributed by atoms with E-state index in [2.05, 4.69) is 55.2 Å². The molecule has 0 spiro atoms. The van der Waals surface area contributed by atoms with E-state index in [1.54, 1.807) is 0 Å². The molecule has 2 atom stereocenters. The summed E-state index contributed by atoms with van der Waals surface area (Å²) in [6.45, 7) is 14.5. The molecular formula is C23H36N4OSi. The van der Waals surface area contributed by atoms with Gasteiger partial charge in [0.1, 0.15) is 0 Å². The van der Waals surface area contributed by atoms with Crippen molar-refractivity contribution in [2.45, 2.75) is 77.6 Å². The molecule has 1 aliphatic carbocycles. The molecule has 1 N–H and O–H groups in total. The zero-order valence-electron chi connectivity index (χ0n) is 18.8. The van der Waals surface area contributed by atoms with Crippen LogP contribution in [0.4, 0.5) is 5.95 Å². The van der Waals surface area contributed by atoms with Crippen molar-refractivity contribution in [1.82, 2.24) is 15.0 Å². The van der Waals surface area contributed by atoms with Crippen molar-refractivity contribution in [3.63, 3.8) is 0 Å². The van der Waals surface area contributed by atoms with E-state index < -0.39 is 8.32 Å². The van der Waals surface area contributed by atoms with Crippen molar-refractivity contribution < 1.29 is 4.43 Å². The third-order valence-corrected chi connectivity index (χ3v) is 11.0. The van der Waals surface area contributed by atoms with Crippen LogP contribution in [-0.4, -0.2) is 35.9 Å². The molecule has 1 saturated carbocycles. The number of aromatic nitrogens is 3. The van der Waals surface area contributed by atoms with E-state index in [1.165, 1.54) is 12.8 Å². The first-order valence-corrected chi connectivity index (χ1v) is 13.7. The van der Waals surface area contributed by atoms with Gasteiger partial charge in [-0.15, -0.1) is 0 Å². The van der Waals surface area contributed by atoms with Crippen molar-refractivity contribution in [2.75, 3.05) is 11.9 Å². The summed E-state index contributed by atoms with van der Waals surface area (Å²) in [6.07, 6.45) is 8.46. The fraction of sp³-hybridized carbons (Fsp3) is 0.609. The zero-order valence-corrected chi connectivity index (χ0v) is 19.8. The van der Waals surface area contributed by atoms with Gasteiger partial charge < -0.3 is 9.74 Å². The van der Waals surface area contributed by atoms with Gasteiger partial charge in [0.2, 0.25) is 5.95 Å². The van der Waals surface area contributed by atoms with Crippen LogP contribution in [0.1, 0.15) is 52.1 Å². The molecule has 1 fully saturated rings. The number of nitrogens with one attached hydrogen (secondary N) is 1. The van der Waals surface area contributed by atoms with Gasteiger partial charge in [0.25, 0.3) is 0 Å². The van der Waals surface area contributed by atoms with E-state index in [9.17, 15) is 0 Å². The van der Waals surface area contributed by atoms with Crippen LogP contribution in [0.3, 0.4) is 0 Å². The van der Waals surface area contributed by atoms with Crippen LogP contribution in [0.5, 0.6) is 0 Å². The predicted molar refractivity (Wildman–Crippen MR) is 123 cm³/mol. The molecule has 158 valence electrons. The van der Waals surface area contributed by atoms with Crippen molar-refractivity contribution in [2.24, 2.45) is 5.92 Å². The van der Waals surface area contributed by atoms with Crippen LogP contribution in [0.2, 0.25) is 18.1 Å². The van der Waals surface area contributed by atoms with Crippen LogP contribution >= 0.6 is 0 Å². The van der Waals surface area contributed by atoms with Crippen LogP contribution in [0.15, 0.2) is 30.6 Å². The molecule has 1 aliphatic rings. The Bertz CT molecular complexity index is 801. The SMILES string of the molecule is Cc1ccc(-c2ccnc(NC3CCCC(CO[Si](C)(C)C(C)(C)C)C3)n2)cn1. The fourth-order valence-corrected chi connectivity index (χ4v) is 4.59. The van der Waals surface area contributed by atoms with Crippen molar-refractivity contribution in [3.05, 3.63) is 36.3 Å². The largest absolute Gasteiger partial charge is 0.417 e. The summed E-state index contributed by atoms with van der Waals surface area (Å²) in [4.78, 5) is 13.6. The quantitative estimate of drug-likeness (QED) is 0.604. The van der Waals surface area contributed by atoms with E-state index in [4.69, 9.17) is 9.41 Å². The maximum Gasteiger partial charge on any atom is 0.223 e. The lowest BCUT2D eigenvalue weighted by Gasteiger charge is -2.38. The summed E-state index contributed by atoms with van der Waals surface area (Å²) in [5.41, 5.74) is 2.93. The van der Waals surface area contributed by atoms with E-state index in [0.717, 1.165) is 36.4 Å². The third-order valence-electron chi connectivity index (χ3n) is 6.46. The second kappa shape index (κ2) is 8.92. The summed E-state index contributed by atoms with van der Waals surface area (Å²) in [5, 5.41) is 3.84. The van der Waals surface area contributed by atoms with Crippen molar-refractivity contribution in [3.8, 4) is 11.3 Å². The van der Waals surface area contributed by atoms with Gasteiger partial charge in [-0.05, 0) is 68.4 Å². The highest BCUT2D eigenvalue weighted by Gasteiger charge is 2.38. The summed E-state index contributed by atoms with van der Waals surface area (Å²) < 4.78 is 6.49. The van der Waals surface area contributed by atoms with Gasteiger partial charge in [0.15, 0.2) is 8.32 Å². The third kappa shape index (κ3) is 5.86. The molecule has 0 aromatic carbocycles. The minimum absolute atomic E-state index is 0.262. The molecule has 0 radical (unpaired) electrons. The van der Waals surface area contributed by atoms with E-state index in [0.29, 0.717) is 17.9 Å². The Labute approximate surface area is 176 Å². The van der Waals surface area contributed by atoms with Gasteiger partial charge in [-0.1, -0.05) is 27.2 Å². The molecule has 0 aliphatic heterocycles. The molecule has 5 nitrogen and oxygen atoms in total. The highest BCUT2D eigenvalue weighted by molar-refractivity contribution is 6.74. The fourth-order valence-electron chi connectivity index (χ4n) is 3.51. The first-order valence-electron chi connectivity index (χ1n) is 10.8. The van der Waals surface area contributed by atoms with Gasteiger partial charge in [-0.3, -0.25) is 4.98 Å². The molecular weight excluding hydrogens is 376 g/mol. The summed E-state index contributed by atoms with van der Waals surface area (Å²) in [6, 6.07) is 6.42. The van der Waals surface area contributed by atoms with Gasteiger partial charge in [0, 0.05) is 36.3 Å². The molecule has 0 bridgehead atoms. The molecule has 0 saturated heterocycles. The molecule has 2 heterocycles. The summed E-state index contributed by atoms with van der Waals surface area (Å²) in [5.74, 6) is 1.32. The van der Waals surface area contributed by atoms with Crippen LogP contribution < -0.4 is 5.32 Å². The Morgan fingerprint density at radius 2 is 1.93 bits per heavy atom. The second-order valence-electron chi connectivity index (χ2n) is 9.90. The number of rotatable bonds is 6. The molecule has 29 heavy (non-hydrogen) atoms. The Kier molecular flexibility index (Phi) is 6.74. The van der Waals surface area contributed by atoms with E-state index in [-0.39, 0.29) is 5.04 Å². The lowest BCUT2D eigenvalue weighted by molar-refractivity contribution is 0.187. The number of aryl methyl sites for hydroxylation is 1. The highest BCUT2D eigenvalue weighted by atomic mass is 28.4. The number of hydrogen-bond acceptors (Lipinski definition) is 5. The molecule has 6 heteroatoms. The number of pyridine rings is 1. The lowest BCUT2D eigenvalue weighted by atomic mass is 9.86. The van der Waals surface area contributed by atoms with Gasteiger partial charge >= 0.3 is 0 Å². The molecule has 0 amide bonds. The maximum absolute atomic E-state index is 6.49.